The van der Waals surface area contributed by atoms with Crippen molar-refractivity contribution in [3.05, 3.63) is 59.7 Å². The van der Waals surface area contributed by atoms with Crippen molar-refractivity contribution in [2.75, 3.05) is 13.7 Å². The third-order valence-electron chi connectivity index (χ3n) is 3.24. The first-order valence-electron chi connectivity index (χ1n) is 7.16. The van der Waals surface area contributed by atoms with Crippen molar-refractivity contribution in [2.45, 2.75) is 11.8 Å². The largest absolute Gasteiger partial charge is 0.497 e. The van der Waals surface area contributed by atoms with Crippen LogP contribution in [0.25, 0.3) is 0 Å². The Bertz CT molecular complexity index is 873. The summed E-state index contributed by atoms with van der Waals surface area (Å²) in [6, 6.07) is 12.9. The van der Waals surface area contributed by atoms with Gasteiger partial charge in [-0.3, -0.25) is 4.79 Å². The maximum atomic E-state index is 12.1. The predicted octanol–water partition coefficient (Wildman–Crippen LogP) is 2.23. The summed E-state index contributed by atoms with van der Waals surface area (Å²) in [4.78, 5) is 11.3. The Hall–Kier alpha value is -2.62. The van der Waals surface area contributed by atoms with Crippen LogP contribution in [0.3, 0.4) is 0 Å². The number of methoxy groups -OCH3 is 1. The van der Waals surface area contributed by atoms with Crippen LogP contribution in [0.4, 0.5) is 0 Å². The molecule has 0 unspecified atom stereocenters. The Morgan fingerprint density at radius 1 is 1.08 bits per heavy atom. The summed E-state index contributed by atoms with van der Waals surface area (Å²) in [5, 5.41) is 0. The molecule has 5 nitrogen and oxygen atoms in total. The number of rotatable bonds is 5. The highest BCUT2D eigenvalue weighted by molar-refractivity contribution is 7.89. The molecule has 0 aliphatic carbocycles. The van der Waals surface area contributed by atoms with Gasteiger partial charge >= 0.3 is 0 Å². The second-order valence-corrected chi connectivity index (χ2v) is 6.70. The molecule has 0 bridgehead atoms. The van der Waals surface area contributed by atoms with Gasteiger partial charge in [0.1, 0.15) is 5.75 Å². The van der Waals surface area contributed by atoms with Crippen LogP contribution in [0.5, 0.6) is 5.75 Å². The molecule has 124 valence electrons. The van der Waals surface area contributed by atoms with E-state index in [4.69, 9.17) is 4.74 Å². The number of Topliss-reactive ketones (excluding diaryl/α,β-unsaturated/α-hetero) is 1. The van der Waals surface area contributed by atoms with Crippen molar-refractivity contribution in [1.29, 1.82) is 0 Å². The van der Waals surface area contributed by atoms with Crippen LogP contribution in [-0.4, -0.2) is 27.9 Å². The maximum Gasteiger partial charge on any atom is 0.241 e. The molecule has 0 heterocycles. The fourth-order valence-corrected chi connectivity index (χ4v) is 2.83. The third-order valence-corrected chi connectivity index (χ3v) is 4.66. The van der Waals surface area contributed by atoms with E-state index in [0.717, 1.165) is 0 Å². The summed E-state index contributed by atoms with van der Waals surface area (Å²) in [7, 11) is -2.10. The number of ether oxygens (including phenoxy) is 1. The first-order valence-corrected chi connectivity index (χ1v) is 8.64. The minimum Gasteiger partial charge on any atom is -0.497 e. The molecule has 6 heteroatoms. The Balaban J connectivity index is 1.99. The summed E-state index contributed by atoms with van der Waals surface area (Å²) in [6.45, 7) is 1.48. The van der Waals surface area contributed by atoms with Crippen LogP contribution in [-0.2, 0) is 10.0 Å². The van der Waals surface area contributed by atoms with E-state index >= 15 is 0 Å². The molecule has 0 saturated heterocycles. The molecule has 0 aliphatic rings. The van der Waals surface area contributed by atoms with E-state index in [-0.39, 0.29) is 17.2 Å². The molecule has 24 heavy (non-hydrogen) atoms. The van der Waals surface area contributed by atoms with Crippen molar-refractivity contribution in [3.63, 3.8) is 0 Å². The first-order chi connectivity index (χ1) is 11.4. The van der Waals surface area contributed by atoms with Crippen LogP contribution in [0.2, 0.25) is 0 Å². The topological polar surface area (TPSA) is 72.5 Å². The van der Waals surface area contributed by atoms with Gasteiger partial charge in [0.25, 0.3) is 0 Å². The van der Waals surface area contributed by atoms with Gasteiger partial charge in [0.05, 0.1) is 18.6 Å². The smallest absolute Gasteiger partial charge is 0.241 e. The van der Waals surface area contributed by atoms with E-state index < -0.39 is 10.0 Å². The molecule has 0 aromatic heterocycles. The Morgan fingerprint density at radius 3 is 2.25 bits per heavy atom. The molecule has 0 aliphatic heterocycles. The lowest BCUT2D eigenvalue weighted by Gasteiger charge is -2.05. The molecule has 2 rings (SSSR count). The van der Waals surface area contributed by atoms with E-state index in [0.29, 0.717) is 16.9 Å². The average Bonchev–Trinajstić information content (AvgIpc) is 2.59. The van der Waals surface area contributed by atoms with Gasteiger partial charge in [-0.2, -0.15) is 4.72 Å². The quantitative estimate of drug-likeness (QED) is 0.667. The standard InChI is InChI=1S/C18H17NO4S/c1-14(20)16-7-5-15(6-8-16)4-3-13-19-24(21,22)18-11-9-17(23-2)10-12-18/h5-12,19H,13H2,1-2H3. The fraction of sp³-hybridized carbons (Fsp3) is 0.167. The number of sulfonamides is 1. The highest BCUT2D eigenvalue weighted by Crippen LogP contribution is 2.14. The van der Waals surface area contributed by atoms with Gasteiger partial charge < -0.3 is 4.74 Å². The van der Waals surface area contributed by atoms with Crippen molar-refractivity contribution in [3.8, 4) is 17.6 Å². The van der Waals surface area contributed by atoms with Crippen LogP contribution in [0.15, 0.2) is 53.4 Å². The second-order valence-electron chi connectivity index (χ2n) is 4.94. The van der Waals surface area contributed by atoms with Gasteiger partial charge in [-0.1, -0.05) is 24.0 Å². The molecule has 2 aromatic rings. The molecule has 1 N–H and O–H groups in total. The zero-order chi connectivity index (χ0) is 17.6. The van der Waals surface area contributed by atoms with Gasteiger partial charge in [-0.15, -0.1) is 0 Å². The van der Waals surface area contributed by atoms with E-state index in [1.165, 1.54) is 26.2 Å². The highest BCUT2D eigenvalue weighted by Gasteiger charge is 2.12. The average molecular weight is 343 g/mol. The number of hydrogen-bond acceptors (Lipinski definition) is 4. The van der Waals surface area contributed by atoms with Gasteiger partial charge in [-0.25, -0.2) is 8.42 Å². The zero-order valence-corrected chi connectivity index (χ0v) is 14.2. The van der Waals surface area contributed by atoms with Crippen LogP contribution in [0, 0.1) is 11.8 Å². The molecular weight excluding hydrogens is 326 g/mol. The van der Waals surface area contributed by atoms with Gasteiger partial charge in [-0.05, 0) is 43.3 Å². The van der Waals surface area contributed by atoms with Crippen molar-refractivity contribution >= 4 is 15.8 Å². The maximum absolute atomic E-state index is 12.1. The Kier molecular flexibility index (Phi) is 5.74. The zero-order valence-electron chi connectivity index (χ0n) is 13.4. The fourth-order valence-electron chi connectivity index (χ4n) is 1.90. The normalized spacial score (nSPS) is 10.6. The molecule has 0 fully saturated rings. The molecule has 0 saturated carbocycles. The summed E-state index contributed by atoms with van der Waals surface area (Å²) >= 11 is 0. The first kappa shape index (κ1) is 17.7. The van der Waals surface area contributed by atoms with Crippen molar-refractivity contribution in [2.24, 2.45) is 0 Å². The molecule has 0 atom stereocenters. The predicted molar refractivity (Wildman–Crippen MR) is 91.5 cm³/mol. The lowest BCUT2D eigenvalue weighted by Crippen LogP contribution is -2.23. The lowest BCUT2D eigenvalue weighted by atomic mass is 10.1. The minimum absolute atomic E-state index is 0.0111. The number of ketones is 1. The van der Waals surface area contributed by atoms with Crippen LogP contribution < -0.4 is 9.46 Å². The number of benzene rings is 2. The van der Waals surface area contributed by atoms with E-state index in [1.54, 1.807) is 36.4 Å². The van der Waals surface area contributed by atoms with Gasteiger partial charge in [0.15, 0.2) is 5.78 Å². The van der Waals surface area contributed by atoms with Gasteiger partial charge in [0.2, 0.25) is 10.0 Å². The van der Waals surface area contributed by atoms with Crippen molar-refractivity contribution < 1.29 is 17.9 Å². The van der Waals surface area contributed by atoms with Gasteiger partial charge in [0, 0.05) is 11.1 Å². The second kappa shape index (κ2) is 7.77. The van der Waals surface area contributed by atoms with E-state index in [2.05, 4.69) is 16.6 Å². The Labute approximate surface area is 141 Å². The summed E-state index contributed by atoms with van der Waals surface area (Å²) in [5.74, 6) is 6.17. The molecular formula is C18H17NO4S. The third kappa shape index (κ3) is 4.69. The highest BCUT2D eigenvalue weighted by atomic mass is 32.2. The summed E-state index contributed by atoms with van der Waals surface area (Å²) in [6.07, 6.45) is 0. The molecule has 0 spiro atoms. The van der Waals surface area contributed by atoms with E-state index in [1.807, 2.05) is 0 Å². The summed E-state index contributed by atoms with van der Waals surface area (Å²) < 4.78 is 31.6. The number of hydrogen-bond donors (Lipinski definition) is 1. The van der Waals surface area contributed by atoms with Crippen LogP contribution in [0.1, 0.15) is 22.8 Å². The SMILES string of the molecule is COc1ccc(S(=O)(=O)NCC#Cc2ccc(C(C)=O)cc2)cc1. The lowest BCUT2D eigenvalue weighted by molar-refractivity contribution is 0.101. The van der Waals surface area contributed by atoms with Crippen molar-refractivity contribution in [1.82, 2.24) is 4.72 Å². The Morgan fingerprint density at radius 2 is 1.71 bits per heavy atom. The number of carbonyl (C=O) groups excluding carboxylic acids is 1. The van der Waals surface area contributed by atoms with E-state index in [9.17, 15) is 13.2 Å². The molecule has 0 amide bonds. The summed E-state index contributed by atoms with van der Waals surface area (Å²) in [5.41, 5.74) is 1.32. The number of nitrogens with one attached hydrogen (secondary N) is 1. The molecule has 2 aromatic carbocycles. The minimum atomic E-state index is -3.61. The van der Waals surface area contributed by atoms with Crippen LogP contribution >= 0.6 is 0 Å². The monoisotopic (exact) mass is 343 g/mol. The molecule has 0 radical (unpaired) electrons. The number of carbonyl (C=O) groups is 1.